The number of ether oxygens (including phenoxy) is 7. The summed E-state index contributed by atoms with van der Waals surface area (Å²) in [6, 6.07) is -0.202. The highest BCUT2D eigenvalue weighted by molar-refractivity contribution is 6.74. The summed E-state index contributed by atoms with van der Waals surface area (Å²) >= 11 is 0. The second kappa shape index (κ2) is 11.1. The van der Waals surface area contributed by atoms with Gasteiger partial charge in [-0.25, -0.2) is 0 Å². The molecular weight excluding hydrogens is 498 g/mol. The third-order valence-corrected chi connectivity index (χ3v) is 12.5. The lowest BCUT2D eigenvalue weighted by Crippen LogP contribution is -2.67. The monoisotopic (exact) mass is 547 g/mol. The molecule has 3 saturated heterocycles. The molecule has 0 N–H and O–H groups in total. The number of fused-ring (bicyclic) bond motifs is 1. The topological polar surface area (TPSA) is 94.2 Å². The summed E-state index contributed by atoms with van der Waals surface area (Å²) in [5, 5.41) is -0.0622. The number of likely N-dealkylation sites (N-methyl/N-ethyl adjacent to an activating group) is 1. The average Bonchev–Trinajstić information content (AvgIpc) is 3.02. The summed E-state index contributed by atoms with van der Waals surface area (Å²) < 4.78 is 50.0. The first-order valence-electron chi connectivity index (χ1n) is 13.2. The van der Waals surface area contributed by atoms with Crippen molar-refractivity contribution in [1.29, 1.82) is 0 Å². The van der Waals surface area contributed by atoms with Gasteiger partial charge in [-0.3, -0.25) is 4.79 Å². The van der Waals surface area contributed by atoms with E-state index < -0.39 is 57.1 Å². The molecular formula is C26H49NO9Si. The van der Waals surface area contributed by atoms with Crippen molar-refractivity contribution in [1.82, 2.24) is 4.90 Å². The Morgan fingerprint density at radius 3 is 2.05 bits per heavy atom. The van der Waals surface area contributed by atoms with E-state index in [-0.39, 0.29) is 29.4 Å². The first-order chi connectivity index (χ1) is 16.9. The number of hydrogen-bond acceptors (Lipinski definition) is 10. The first-order valence-corrected chi connectivity index (χ1v) is 16.2. The molecule has 0 saturated carbocycles. The van der Waals surface area contributed by atoms with Crippen LogP contribution in [0, 0.1) is 0 Å². The summed E-state index contributed by atoms with van der Waals surface area (Å²) in [5.74, 6) is -1.22. The minimum atomic E-state index is -2.29. The smallest absolute Gasteiger partial charge is 0.303 e. The quantitative estimate of drug-likeness (QED) is 0.349. The van der Waals surface area contributed by atoms with E-state index in [0.717, 1.165) is 0 Å². The maximum absolute atomic E-state index is 12.3. The number of methoxy groups -OCH3 is 1. The molecule has 3 rings (SSSR count). The van der Waals surface area contributed by atoms with Gasteiger partial charge in [0.1, 0.15) is 24.4 Å². The van der Waals surface area contributed by atoms with Crippen LogP contribution in [0.1, 0.15) is 55.4 Å². The van der Waals surface area contributed by atoms with Crippen molar-refractivity contribution in [2.45, 2.75) is 141 Å². The lowest BCUT2D eigenvalue weighted by molar-refractivity contribution is -0.333. The van der Waals surface area contributed by atoms with Crippen molar-refractivity contribution in [3.8, 4) is 0 Å². The van der Waals surface area contributed by atoms with Gasteiger partial charge in [0.2, 0.25) is 0 Å². The first kappa shape index (κ1) is 30.9. The molecule has 0 radical (unpaired) electrons. The van der Waals surface area contributed by atoms with E-state index in [1.165, 1.54) is 6.92 Å². The Hall–Kier alpha value is -0.633. The van der Waals surface area contributed by atoms with Crippen molar-refractivity contribution < 1.29 is 42.4 Å². The van der Waals surface area contributed by atoms with Crippen LogP contribution in [-0.4, -0.2) is 108 Å². The van der Waals surface area contributed by atoms with Crippen molar-refractivity contribution in [2.24, 2.45) is 0 Å². The zero-order chi connectivity index (χ0) is 28.1. The molecule has 3 aliphatic rings. The second-order valence-corrected chi connectivity index (χ2v) is 17.4. The molecule has 216 valence electrons. The van der Waals surface area contributed by atoms with Crippen molar-refractivity contribution in [3.05, 3.63) is 0 Å². The Balaban J connectivity index is 1.95. The number of nitrogens with zero attached hydrogens (tertiary/aromatic N) is 1. The summed E-state index contributed by atoms with van der Waals surface area (Å²) in [5.41, 5.74) is 0. The third kappa shape index (κ3) is 6.58. The lowest BCUT2D eigenvalue weighted by Gasteiger charge is -2.51. The lowest BCUT2D eigenvalue weighted by atomic mass is 9.94. The Kier molecular flexibility index (Phi) is 9.26. The van der Waals surface area contributed by atoms with Gasteiger partial charge in [-0.1, -0.05) is 20.8 Å². The molecule has 11 heteroatoms. The molecule has 0 amide bonds. The second-order valence-electron chi connectivity index (χ2n) is 12.7. The van der Waals surface area contributed by atoms with E-state index in [1.807, 2.05) is 41.8 Å². The fraction of sp³-hybridized carbons (Fsp3) is 0.962. The molecule has 3 fully saturated rings. The molecule has 0 aliphatic carbocycles. The average molecular weight is 548 g/mol. The molecule has 3 aliphatic heterocycles. The molecule has 10 nitrogen and oxygen atoms in total. The highest BCUT2D eigenvalue weighted by Gasteiger charge is 2.58. The number of carbonyl (C=O) groups is 1. The standard InChI is InChI=1S/C26H49NO9Si/c1-14-18(17(27(9)10)20-24(31-14)35-26(7,8)34-20)33-23-22(32-16(3)28)21(19(29-11)15(2)30-23)36-37(12,13)25(4,5)6/h14-15,17-24H,1-13H3/t14-,15-,17?,18-,19-,20-,21+,22-,23?,24+/m1/s1. The largest absolute Gasteiger partial charge is 0.454 e. The highest BCUT2D eigenvalue weighted by Crippen LogP contribution is 2.42. The minimum absolute atomic E-state index is 0.0622. The van der Waals surface area contributed by atoms with Gasteiger partial charge in [0.05, 0.1) is 18.2 Å². The van der Waals surface area contributed by atoms with Crippen LogP contribution in [0.2, 0.25) is 18.1 Å². The molecule has 0 aromatic heterocycles. The molecule has 0 bridgehead atoms. The van der Waals surface area contributed by atoms with E-state index in [9.17, 15) is 4.79 Å². The van der Waals surface area contributed by atoms with Crippen molar-refractivity contribution >= 4 is 14.3 Å². The fourth-order valence-electron chi connectivity index (χ4n) is 5.16. The summed E-state index contributed by atoms with van der Waals surface area (Å²) in [4.78, 5) is 14.4. The van der Waals surface area contributed by atoms with Gasteiger partial charge in [-0.05, 0) is 59.9 Å². The Labute approximate surface area is 223 Å². The fourth-order valence-corrected chi connectivity index (χ4v) is 6.46. The Morgan fingerprint density at radius 2 is 1.54 bits per heavy atom. The molecule has 0 spiro atoms. The molecule has 3 heterocycles. The van der Waals surface area contributed by atoms with Crippen molar-refractivity contribution in [3.63, 3.8) is 0 Å². The molecule has 2 unspecified atom stereocenters. The van der Waals surface area contributed by atoms with Gasteiger partial charge in [-0.15, -0.1) is 0 Å². The van der Waals surface area contributed by atoms with E-state index in [4.69, 9.17) is 37.6 Å². The Bertz CT molecular complexity index is 801. The van der Waals surface area contributed by atoms with Gasteiger partial charge in [0.15, 0.2) is 32.8 Å². The number of esters is 1. The molecule has 10 atom stereocenters. The summed E-state index contributed by atoms with van der Waals surface area (Å²) in [6.45, 7) is 19.8. The van der Waals surface area contributed by atoms with Crippen LogP contribution >= 0.6 is 0 Å². The number of rotatable bonds is 7. The minimum Gasteiger partial charge on any atom is -0.454 e. The Morgan fingerprint density at radius 1 is 0.946 bits per heavy atom. The normalized spacial score (nSPS) is 40.5. The summed E-state index contributed by atoms with van der Waals surface area (Å²) in [6.07, 6.45) is -4.81. The van der Waals surface area contributed by atoms with Crippen LogP contribution < -0.4 is 0 Å². The van der Waals surface area contributed by atoms with Crippen LogP contribution in [-0.2, 0) is 42.4 Å². The van der Waals surface area contributed by atoms with Crippen LogP contribution in [0.15, 0.2) is 0 Å². The number of carbonyl (C=O) groups excluding carboxylic acids is 1. The maximum Gasteiger partial charge on any atom is 0.303 e. The maximum atomic E-state index is 12.3. The molecule has 0 aromatic carbocycles. The van der Waals surface area contributed by atoms with Crippen LogP contribution in [0.5, 0.6) is 0 Å². The zero-order valence-corrected chi connectivity index (χ0v) is 25.9. The van der Waals surface area contributed by atoms with Gasteiger partial charge >= 0.3 is 5.97 Å². The van der Waals surface area contributed by atoms with E-state index in [1.54, 1.807) is 7.11 Å². The van der Waals surface area contributed by atoms with Crippen LogP contribution in [0.25, 0.3) is 0 Å². The van der Waals surface area contributed by atoms with Gasteiger partial charge in [0.25, 0.3) is 0 Å². The predicted molar refractivity (Wildman–Crippen MR) is 139 cm³/mol. The SMILES string of the molecule is CO[C@H]1[C@H](O[Si](C)(C)C(C)(C)C)[C@@H](OC(C)=O)C(O[C@H]2C(N(C)C)[C@H]3OC(C)(C)O[C@@H]3O[C@@H]2C)O[C@@H]1C. The van der Waals surface area contributed by atoms with Crippen molar-refractivity contribution in [2.75, 3.05) is 21.2 Å². The van der Waals surface area contributed by atoms with E-state index >= 15 is 0 Å². The third-order valence-electron chi connectivity index (χ3n) is 8.00. The van der Waals surface area contributed by atoms with Crippen LogP contribution in [0.3, 0.4) is 0 Å². The highest BCUT2D eigenvalue weighted by atomic mass is 28.4. The van der Waals surface area contributed by atoms with E-state index in [0.29, 0.717) is 0 Å². The predicted octanol–water partition coefficient (Wildman–Crippen LogP) is 3.28. The molecule has 0 aromatic rings. The van der Waals surface area contributed by atoms with E-state index in [2.05, 4.69) is 38.8 Å². The van der Waals surface area contributed by atoms with Gasteiger partial charge in [0, 0.05) is 14.0 Å². The van der Waals surface area contributed by atoms with Gasteiger partial charge in [-0.2, -0.15) is 0 Å². The molecule has 37 heavy (non-hydrogen) atoms. The van der Waals surface area contributed by atoms with Crippen LogP contribution in [0.4, 0.5) is 0 Å². The summed E-state index contributed by atoms with van der Waals surface area (Å²) in [7, 11) is 3.29. The van der Waals surface area contributed by atoms with Gasteiger partial charge < -0.3 is 42.5 Å². The number of hydrogen-bond donors (Lipinski definition) is 0. The zero-order valence-electron chi connectivity index (χ0n) is 24.9.